The van der Waals surface area contributed by atoms with E-state index in [1.165, 1.54) is 0 Å². The van der Waals surface area contributed by atoms with E-state index in [-0.39, 0.29) is 5.75 Å². The first-order valence-electron chi connectivity index (χ1n) is 6.68. The summed E-state index contributed by atoms with van der Waals surface area (Å²) < 4.78 is 25.0. The zero-order valence-electron chi connectivity index (χ0n) is 11.5. The number of nitrogens with one attached hydrogen (secondary N) is 1. The molecule has 3 nitrogen and oxygen atoms in total. The van der Waals surface area contributed by atoms with Crippen molar-refractivity contribution in [1.29, 1.82) is 0 Å². The van der Waals surface area contributed by atoms with Crippen molar-refractivity contribution in [2.45, 2.75) is 44.0 Å². The van der Waals surface area contributed by atoms with Gasteiger partial charge in [0.15, 0.2) is 9.84 Å². The molecule has 1 aromatic rings. The quantitative estimate of drug-likeness (QED) is 0.783. The summed E-state index contributed by atoms with van der Waals surface area (Å²) in [5.41, 5.74) is 0. The van der Waals surface area contributed by atoms with Crippen LogP contribution in [0.1, 0.15) is 33.1 Å². The molecule has 0 spiro atoms. The second-order valence-corrected chi connectivity index (χ2v) is 7.68. The van der Waals surface area contributed by atoms with E-state index < -0.39 is 9.84 Å². The summed E-state index contributed by atoms with van der Waals surface area (Å²) in [7, 11) is -3.18. The Hall–Kier alpha value is -0.390. The highest BCUT2D eigenvalue weighted by molar-refractivity contribution is 9.10. The zero-order chi connectivity index (χ0) is 14.3. The Balaban J connectivity index is 2.51. The van der Waals surface area contributed by atoms with Gasteiger partial charge < -0.3 is 5.32 Å². The van der Waals surface area contributed by atoms with Crippen molar-refractivity contribution in [1.82, 2.24) is 5.32 Å². The summed E-state index contributed by atoms with van der Waals surface area (Å²) in [5, 5.41) is 3.37. The van der Waals surface area contributed by atoms with E-state index in [1.54, 1.807) is 18.2 Å². The molecule has 0 radical (unpaired) electrons. The molecule has 0 saturated carbocycles. The maximum absolute atomic E-state index is 12.2. The normalized spacial score (nSPS) is 13.4. The second kappa shape index (κ2) is 8.02. The van der Waals surface area contributed by atoms with Crippen LogP contribution in [0.25, 0.3) is 0 Å². The summed E-state index contributed by atoms with van der Waals surface area (Å²) in [5.74, 6) is 0.202. The van der Waals surface area contributed by atoms with Crippen LogP contribution in [-0.4, -0.2) is 26.8 Å². The lowest BCUT2D eigenvalue weighted by molar-refractivity contribution is 0.506. The monoisotopic (exact) mass is 347 g/mol. The van der Waals surface area contributed by atoms with Crippen LogP contribution in [0.4, 0.5) is 0 Å². The maximum atomic E-state index is 12.2. The molecule has 19 heavy (non-hydrogen) atoms. The third-order valence-corrected chi connectivity index (χ3v) is 5.77. The number of hydrogen-bond donors (Lipinski definition) is 1. The van der Waals surface area contributed by atoms with E-state index in [0.717, 1.165) is 19.4 Å². The van der Waals surface area contributed by atoms with Crippen LogP contribution in [0, 0.1) is 0 Å². The van der Waals surface area contributed by atoms with E-state index in [9.17, 15) is 8.42 Å². The van der Waals surface area contributed by atoms with Gasteiger partial charge in [-0.25, -0.2) is 8.42 Å². The molecular weight excluding hydrogens is 326 g/mol. The molecule has 1 N–H and O–H groups in total. The van der Waals surface area contributed by atoms with Crippen molar-refractivity contribution in [3.05, 3.63) is 28.7 Å². The number of hydrogen-bond acceptors (Lipinski definition) is 3. The van der Waals surface area contributed by atoms with Crippen molar-refractivity contribution in [3.63, 3.8) is 0 Å². The predicted octanol–water partition coefficient (Wildman–Crippen LogP) is 3.39. The SMILES string of the molecule is CCCNC(C)CCCS(=O)(=O)c1ccccc1Br. The van der Waals surface area contributed by atoms with Gasteiger partial charge in [-0.3, -0.25) is 0 Å². The molecule has 0 fully saturated rings. The molecule has 5 heteroatoms. The van der Waals surface area contributed by atoms with Crippen molar-refractivity contribution < 1.29 is 8.42 Å². The smallest absolute Gasteiger partial charge is 0.179 e. The van der Waals surface area contributed by atoms with Gasteiger partial charge in [-0.15, -0.1) is 0 Å². The fourth-order valence-corrected chi connectivity index (χ4v) is 4.32. The molecule has 0 aliphatic rings. The molecule has 1 rings (SSSR count). The number of rotatable bonds is 8. The lowest BCUT2D eigenvalue weighted by Gasteiger charge is -2.13. The van der Waals surface area contributed by atoms with Gasteiger partial charge in [-0.05, 0) is 60.8 Å². The van der Waals surface area contributed by atoms with Crippen LogP contribution in [0.2, 0.25) is 0 Å². The van der Waals surface area contributed by atoms with Gasteiger partial charge in [0, 0.05) is 10.5 Å². The van der Waals surface area contributed by atoms with Gasteiger partial charge in [-0.1, -0.05) is 19.1 Å². The largest absolute Gasteiger partial charge is 0.314 e. The van der Waals surface area contributed by atoms with E-state index in [1.807, 2.05) is 6.07 Å². The van der Waals surface area contributed by atoms with Crippen LogP contribution >= 0.6 is 15.9 Å². The second-order valence-electron chi connectivity index (χ2n) is 4.75. The molecule has 1 atom stereocenters. The van der Waals surface area contributed by atoms with Crippen LogP contribution < -0.4 is 5.32 Å². The maximum Gasteiger partial charge on any atom is 0.179 e. The molecule has 1 unspecified atom stereocenters. The van der Waals surface area contributed by atoms with Gasteiger partial charge in [-0.2, -0.15) is 0 Å². The molecule has 0 aromatic heterocycles. The highest BCUT2D eigenvalue weighted by Crippen LogP contribution is 2.23. The Morgan fingerprint density at radius 1 is 1.32 bits per heavy atom. The van der Waals surface area contributed by atoms with Gasteiger partial charge in [0.1, 0.15) is 0 Å². The Kier molecular flexibility index (Phi) is 7.04. The van der Waals surface area contributed by atoms with Crippen LogP contribution in [0.15, 0.2) is 33.6 Å². The number of benzene rings is 1. The van der Waals surface area contributed by atoms with E-state index in [2.05, 4.69) is 35.1 Å². The van der Waals surface area contributed by atoms with E-state index in [4.69, 9.17) is 0 Å². The Morgan fingerprint density at radius 3 is 2.63 bits per heavy atom. The van der Waals surface area contributed by atoms with Crippen molar-refractivity contribution in [2.24, 2.45) is 0 Å². The first-order valence-corrected chi connectivity index (χ1v) is 9.12. The Morgan fingerprint density at radius 2 is 2.00 bits per heavy atom. The zero-order valence-corrected chi connectivity index (χ0v) is 13.9. The fraction of sp³-hybridized carbons (Fsp3) is 0.571. The first kappa shape index (κ1) is 16.7. The van der Waals surface area contributed by atoms with Crippen molar-refractivity contribution in [2.75, 3.05) is 12.3 Å². The summed E-state index contributed by atoms with van der Waals surface area (Å²) >= 11 is 3.30. The van der Waals surface area contributed by atoms with Crippen LogP contribution in [0.3, 0.4) is 0 Å². The molecule has 0 aliphatic carbocycles. The third-order valence-electron chi connectivity index (χ3n) is 2.96. The molecule has 0 bridgehead atoms. The van der Waals surface area contributed by atoms with E-state index in [0.29, 0.717) is 21.8 Å². The first-order chi connectivity index (χ1) is 8.97. The number of halogens is 1. The Bertz CT molecular complexity index is 488. The standard InChI is InChI=1S/C14H22BrNO2S/c1-3-10-16-12(2)7-6-11-19(17,18)14-9-5-4-8-13(14)15/h4-5,8-9,12,16H,3,6-7,10-11H2,1-2H3. The minimum absolute atomic E-state index is 0.202. The van der Waals surface area contributed by atoms with Gasteiger partial charge in [0.25, 0.3) is 0 Å². The molecule has 0 amide bonds. The summed E-state index contributed by atoms with van der Waals surface area (Å²) in [4.78, 5) is 0.393. The lowest BCUT2D eigenvalue weighted by atomic mass is 10.2. The molecule has 0 heterocycles. The van der Waals surface area contributed by atoms with Crippen molar-refractivity contribution >= 4 is 25.8 Å². The number of sulfone groups is 1. The molecular formula is C14H22BrNO2S. The minimum atomic E-state index is -3.18. The van der Waals surface area contributed by atoms with Crippen LogP contribution in [0.5, 0.6) is 0 Å². The highest BCUT2D eigenvalue weighted by Gasteiger charge is 2.17. The van der Waals surface area contributed by atoms with Gasteiger partial charge >= 0.3 is 0 Å². The summed E-state index contributed by atoms with van der Waals surface area (Å²) in [6, 6.07) is 7.36. The minimum Gasteiger partial charge on any atom is -0.314 e. The summed E-state index contributed by atoms with van der Waals surface area (Å²) in [6.07, 6.45) is 2.66. The average Bonchev–Trinajstić information content (AvgIpc) is 2.36. The average molecular weight is 348 g/mol. The van der Waals surface area contributed by atoms with Crippen molar-refractivity contribution in [3.8, 4) is 0 Å². The predicted molar refractivity (Wildman–Crippen MR) is 83.2 cm³/mol. The fourth-order valence-electron chi connectivity index (χ4n) is 1.88. The van der Waals surface area contributed by atoms with E-state index >= 15 is 0 Å². The third kappa shape index (κ3) is 5.63. The molecule has 0 saturated heterocycles. The van der Waals surface area contributed by atoms with Gasteiger partial charge in [0.2, 0.25) is 0 Å². The highest BCUT2D eigenvalue weighted by atomic mass is 79.9. The summed E-state index contributed by atoms with van der Waals surface area (Å²) in [6.45, 7) is 5.20. The molecule has 1 aromatic carbocycles. The molecule has 108 valence electrons. The topological polar surface area (TPSA) is 46.2 Å². The Labute approximate surface area is 124 Å². The molecule has 0 aliphatic heterocycles. The van der Waals surface area contributed by atoms with Gasteiger partial charge in [0.05, 0.1) is 10.6 Å². The lowest BCUT2D eigenvalue weighted by Crippen LogP contribution is -2.27. The van der Waals surface area contributed by atoms with Crippen LogP contribution in [-0.2, 0) is 9.84 Å².